The summed E-state index contributed by atoms with van der Waals surface area (Å²) in [7, 11) is 0. The predicted octanol–water partition coefficient (Wildman–Crippen LogP) is 1.51. The monoisotopic (exact) mass is 252 g/mol. The van der Waals surface area contributed by atoms with Gasteiger partial charge in [-0.1, -0.05) is 6.07 Å². The Bertz CT molecular complexity index is 463. The van der Waals surface area contributed by atoms with Crippen LogP contribution in [0.3, 0.4) is 0 Å². The van der Waals surface area contributed by atoms with Crippen molar-refractivity contribution < 1.29 is 9.59 Å². The van der Waals surface area contributed by atoms with Gasteiger partial charge in [-0.3, -0.25) is 9.78 Å². The van der Waals surface area contributed by atoms with Gasteiger partial charge in [-0.05, 0) is 17.7 Å². The first-order valence-electron chi connectivity index (χ1n) is 4.91. The largest absolute Gasteiger partial charge is 0.348 e. The minimum atomic E-state index is -0.783. The molecule has 3 amide bonds. The number of nitrogens with zero attached hydrogens (tertiary/aromatic N) is 4. The van der Waals surface area contributed by atoms with Crippen LogP contribution in [0.4, 0.5) is 9.59 Å². The lowest BCUT2D eigenvalue weighted by atomic mass is 10.3. The summed E-state index contributed by atoms with van der Waals surface area (Å²) in [6, 6.07) is 3.06. The number of carbonyl (C=O) groups excluding carboxylic acids is 2. The maximum atomic E-state index is 11.6. The Hall–Kier alpha value is -1.95. The zero-order valence-electron chi connectivity index (χ0n) is 8.78. The number of hydrogen-bond donors (Lipinski definition) is 0. The number of hydrazone groups is 1. The number of pyridine rings is 1. The molecule has 1 fully saturated rings. The van der Waals surface area contributed by atoms with Gasteiger partial charge in [-0.15, -0.1) is 0 Å². The number of rotatable bonds is 2. The lowest BCUT2D eigenvalue weighted by Gasteiger charge is -2.09. The zero-order chi connectivity index (χ0) is 12.3. The van der Waals surface area contributed by atoms with Crippen molar-refractivity contribution in [3.8, 4) is 0 Å². The van der Waals surface area contributed by atoms with Crippen molar-refractivity contribution in [3.63, 3.8) is 0 Å². The van der Waals surface area contributed by atoms with Crippen LogP contribution in [0.2, 0.25) is 0 Å². The van der Waals surface area contributed by atoms with Gasteiger partial charge in [0.05, 0.1) is 19.3 Å². The number of amides is 3. The van der Waals surface area contributed by atoms with E-state index in [0.717, 1.165) is 10.5 Å². The summed E-state index contributed by atoms with van der Waals surface area (Å²) >= 11 is 5.24. The Morgan fingerprint density at radius 2 is 2.35 bits per heavy atom. The SMILES string of the molecule is O=C(Cl)N1CCN(/N=C/c2cccnc2)C1=O. The van der Waals surface area contributed by atoms with Gasteiger partial charge in [0.2, 0.25) is 0 Å². The molecule has 0 saturated carbocycles. The second-order valence-corrected chi connectivity index (χ2v) is 3.66. The van der Waals surface area contributed by atoms with E-state index < -0.39 is 11.4 Å². The Balaban J connectivity index is 2.04. The van der Waals surface area contributed by atoms with E-state index in [1.165, 1.54) is 11.2 Å². The molecule has 0 aliphatic carbocycles. The Kier molecular flexibility index (Phi) is 3.34. The fraction of sp³-hybridized carbons (Fsp3) is 0.200. The van der Waals surface area contributed by atoms with Crippen LogP contribution in [-0.2, 0) is 0 Å². The molecule has 0 atom stereocenters. The maximum absolute atomic E-state index is 11.6. The van der Waals surface area contributed by atoms with E-state index in [2.05, 4.69) is 10.1 Å². The molecule has 0 aromatic carbocycles. The minimum absolute atomic E-state index is 0.256. The molecule has 7 heteroatoms. The predicted molar refractivity (Wildman–Crippen MR) is 61.9 cm³/mol. The van der Waals surface area contributed by atoms with Crippen molar-refractivity contribution in [2.75, 3.05) is 13.1 Å². The standard InChI is InChI=1S/C10H9ClN4O2/c11-9(16)14-4-5-15(10(14)17)13-7-8-2-1-3-12-6-8/h1-3,6-7H,4-5H2/b13-7+. The number of hydrogen-bond acceptors (Lipinski definition) is 4. The topological polar surface area (TPSA) is 65.9 Å². The first kappa shape index (κ1) is 11.5. The highest BCUT2D eigenvalue weighted by Crippen LogP contribution is 2.11. The minimum Gasteiger partial charge on any atom is -0.264 e. The smallest absolute Gasteiger partial charge is 0.264 e. The maximum Gasteiger partial charge on any atom is 0.348 e. The van der Waals surface area contributed by atoms with E-state index in [1.807, 2.05) is 6.07 Å². The summed E-state index contributed by atoms with van der Waals surface area (Å²) < 4.78 is 0. The molecule has 1 aliphatic heterocycles. The molecule has 2 heterocycles. The summed E-state index contributed by atoms with van der Waals surface area (Å²) in [5, 5.41) is 4.38. The van der Waals surface area contributed by atoms with Crippen molar-refractivity contribution in [2.24, 2.45) is 5.10 Å². The second kappa shape index (κ2) is 4.92. The molecule has 1 aromatic rings. The van der Waals surface area contributed by atoms with E-state index in [0.29, 0.717) is 6.54 Å². The van der Waals surface area contributed by atoms with Crippen molar-refractivity contribution in [2.45, 2.75) is 0 Å². The molecule has 0 N–H and O–H groups in total. The lowest BCUT2D eigenvalue weighted by Crippen LogP contribution is -2.30. The van der Waals surface area contributed by atoms with Crippen LogP contribution in [0.1, 0.15) is 5.56 Å². The molecule has 0 spiro atoms. The third-order valence-corrected chi connectivity index (χ3v) is 2.43. The molecule has 1 aliphatic rings. The van der Waals surface area contributed by atoms with Crippen LogP contribution < -0.4 is 0 Å². The summed E-state index contributed by atoms with van der Waals surface area (Å²) in [4.78, 5) is 27.3. The highest BCUT2D eigenvalue weighted by Gasteiger charge is 2.31. The third kappa shape index (κ3) is 2.59. The first-order valence-corrected chi connectivity index (χ1v) is 5.29. The van der Waals surface area contributed by atoms with Gasteiger partial charge in [0.1, 0.15) is 0 Å². The molecule has 88 valence electrons. The Morgan fingerprint density at radius 3 is 2.94 bits per heavy atom. The number of halogens is 1. The molecule has 1 aromatic heterocycles. The zero-order valence-corrected chi connectivity index (χ0v) is 9.54. The van der Waals surface area contributed by atoms with Crippen LogP contribution >= 0.6 is 11.6 Å². The summed E-state index contributed by atoms with van der Waals surface area (Å²) in [6.45, 7) is 0.597. The van der Waals surface area contributed by atoms with Gasteiger partial charge >= 0.3 is 11.4 Å². The van der Waals surface area contributed by atoms with E-state index in [9.17, 15) is 9.59 Å². The molecule has 0 radical (unpaired) electrons. The van der Waals surface area contributed by atoms with E-state index in [-0.39, 0.29) is 6.54 Å². The van der Waals surface area contributed by atoms with Gasteiger partial charge in [0.25, 0.3) is 0 Å². The molecule has 2 rings (SSSR count). The summed E-state index contributed by atoms with van der Waals surface area (Å²) in [5.74, 6) is 0. The summed E-state index contributed by atoms with van der Waals surface area (Å²) in [6.07, 6.45) is 4.77. The van der Waals surface area contributed by atoms with Gasteiger partial charge in [-0.25, -0.2) is 14.7 Å². The van der Waals surface area contributed by atoms with Crippen LogP contribution in [0.15, 0.2) is 29.6 Å². The third-order valence-electron chi connectivity index (χ3n) is 2.23. The molecule has 17 heavy (non-hydrogen) atoms. The van der Waals surface area contributed by atoms with Gasteiger partial charge in [-0.2, -0.15) is 5.10 Å². The Labute approximate surface area is 102 Å². The van der Waals surface area contributed by atoms with Crippen molar-refractivity contribution >= 4 is 29.2 Å². The van der Waals surface area contributed by atoms with E-state index in [4.69, 9.17) is 11.6 Å². The average Bonchev–Trinajstić information content (AvgIpc) is 2.69. The van der Waals surface area contributed by atoms with E-state index >= 15 is 0 Å². The fourth-order valence-electron chi connectivity index (χ4n) is 1.38. The highest BCUT2D eigenvalue weighted by molar-refractivity contribution is 6.64. The molecular weight excluding hydrogens is 244 g/mol. The number of imide groups is 1. The van der Waals surface area contributed by atoms with Crippen molar-refractivity contribution in [3.05, 3.63) is 30.1 Å². The van der Waals surface area contributed by atoms with Crippen LogP contribution in [0.5, 0.6) is 0 Å². The summed E-state index contributed by atoms with van der Waals surface area (Å²) in [5.41, 5.74) is 0.774. The normalized spacial score (nSPS) is 15.9. The van der Waals surface area contributed by atoms with E-state index in [1.54, 1.807) is 18.5 Å². The highest BCUT2D eigenvalue weighted by atomic mass is 35.5. The second-order valence-electron chi connectivity index (χ2n) is 3.34. The number of urea groups is 1. The van der Waals surface area contributed by atoms with Gasteiger partial charge in [0.15, 0.2) is 0 Å². The molecule has 0 bridgehead atoms. The average molecular weight is 253 g/mol. The molecular formula is C10H9ClN4O2. The lowest BCUT2D eigenvalue weighted by molar-refractivity contribution is 0.195. The van der Waals surface area contributed by atoms with Gasteiger partial charge in [0, 0.05) is 18.0 Å². The fourth-order valence-corrected chi connectivity index (χ4v) is 1.54. The van der Waals surface area contributed by atoms with Gasteiger partial charge < -0.3 is 0 Å². The molecule has 6 nitrogen and oxygen atoms in total. The number of carbonyl (C=O) groups is 2. The quantitative estimate of drug-likeness (QED) is 0.455. The van der Waals surface area contributed by atoms with Crippen molar-refractivity contribution in [1.29, 1.82) is 0 Å². The van der Waals surface area contributed by atoms with Crippen LogP contribution in [0, 0.1) is 0 Å². The Morgan fingerprint density at radius 1 is 1.53 bits per heavy atom. The molecule has 1 saturated heterocycles. The number of aromatic nitrogens is 1. The van der Waals surface area contributed by atoms with Crippen molar-refractivity contribution in [1.82, 2.24) is 14.9 Å². The first-order chi connectivity index (χ1) is 8.18. The van der Waals surface area contributed by atoms with Crippen LogP contribution in [-0.4, -0.2) is 45.6 Å². The van der Waals surface area contributed by atoms with Crippen LogP contribution in [0.25, 0.3) is 0 Å². The molecule has 0 unspecified atom stereocenters.